The van der Waals surface area contributed by atoms with Crippen LogP contribution in [0.4, 0.5) is 4.39 Å². The van der Waals surface area contributed by atoms with Crippen molar-refractivity contribution in [3.8, 4) is 5.75 Å². The van der Waals surface area contributed by atoms with Crippen LogP contribution in [0.25, 0.3) is 11.0 Å². The smallest absolute Gasteiger partial charge is 0.251 e. The summed E-state index contributed by atoms with van der Waals surface area (Å²) in [6, 6.07) is 5.55. The highest BCUT2D eigenvalue weighted by molar-refractivity contribution is 5.80. The Kier molecular flexibility index (Phi) is 5.99. The first-order valence-electron chi connectivity index (χ1n) is 12.4. The number of pyridine rings is 3. The maximum atomic E-state index is 14.8. The summed E-state index contributed by atoms with van der Waals surface area (Å²) < 4.78 is 28.0. The predicted octanol–water partition coefficient (Wildman–Crippen LogP) is 2.23. The summed E-state index contributed by atoms with van der Waals surface area (Å²) in [7, 11) is 1.74. The fourth-order valence-corrected chi connectivity index (χ4v) is 5.86. The molecule has 9 heteroatoms. The van der Waals surface area contributed by atoms with Crippen molar-refractivity contribution in [1.29, 1.82) is 0 Å². The van der Waals surface area contributed by atoms with Crippen LogP contribution in [0.5, 0.6) is 5.75 Å². The van der Waals surface area contributed by atoms with Gasteiger partial charge in [-0.25, -0.2) is 4.39 Å². The summed E-state index contributed by atoms with van der Waals surface area (Å²) in [5, 5.41) is 3.64. The number of hydrogen-bond donors (Lipinski definition) is 1. The lowest BCUT2D eigenvalue weighted by atomic mass is 9.96. The molecule has 35 heavy (non-hydrogen) atoms. The third kappa shape index (κ3) is 4.22. The highest BCUT2D eigenvalue weighted by atomic mass is 19.1. The zero-order valence-corrected chi connectivity index (χ0v) is 19.9. The quantitative estimate of drug-likeness (QED) is 0.581. The van der Waals surface area contributed by atoms with Gasteiger partial charge in [-0.3, -0.25) is 19.7 Å². The molecule has 3 aliphatic heterocycles. The molecule has 0 saturated carbocycles. The van der Waals surface area contributed by atoms with E-state index in [4.69, 9.17) is 9.47 Å². The Bertz CT molecular complexity index is 1310. The Labute approximate surface area is 203 Å². The molecule has 3 aromatic heterocycles. The molecule has 184 valence electrons. The Morgan fingerprint density at radius 1 is 1.26 bits per heavy atom. The molecule has 0 spiro atoms. The first kappa shape index (κ1) is 22.6. The van der Waals surface area contributed by atoms with Crippen molar-refractivity contribution in [3.05, 3.63) is 63.6 Å². The number of hydrogen-bond acceptors (Lipinski definition) is 7. The molecule has 1 fully saturated rings. The van der Waals surface area contributed by atoms with Gasteiger partial charge >= 0.3 is 0 Å². The van der Waals surface area contributed by atoms with Crippen molar-refractivity contribution in [2.45, 2.75) is 50.4 Å². The summed E-state index contributed by atoms with van der Waals surface area (Å²) >= 11 is 0. The van der Waals surface area contributed by atoms with E-state index in [-0.39, 0.29) is 29.4 Å². The van der Waals surface area contributed by atoms with Crippen LogP contribution in [0.1, 0.15) is 35.6 Å². The summed E-state index contributed by atoms with van der Waals surface area (Å²) in [6.07, 6.45) is 6.12. The van der Waals surface area contributed by atoms with Crippen molar-refractivity contribution >= 4 is 11.0 Å². The first-order chi connectivity index (χ1) is 17.1. The van der Waals surface area contributed by atoms with Gasteiger partial charge in [-0.05, 0) is 43.5 Å². The standard InChI is InChI=1S/C26H30FN5O3/c1-34-23-15-31(7-6-20(23)29-10-18-9-16-3-2-8-35-22(16)12-28-18)13-17-14-32-24(33)5-4-21-26(32)25(17)19(27)11-30-21/h4-5,9,11-12,17,20,23,29H,2-3,6-8,10,13-15H2,1H3/t17-,20+,23-/m1/s1. The monoisotopic (exact) mass is 479 g/mol. The second-order valence-corrected chi connectivity index (χ2v) is 9.78. The van der Waals surface area contributed by atoms with E-state index in [1.54, 1.807) is 17.7 Å². The molecule has 3 aliphatic rings. The number of aromatic nitrogens is 3. The molecule has 8 nitrogen and oxygen atoms in total. The van der Waals surface area contributed by atoms with Crippen molar-refractivity contribution < 1.29 is 13.9 Å². The van der Waals surface area contributed by atoms with E-state index >= 15 is 0 Å². The van der Waals surface area contributed by atoms with Gasteiger partial charge in [0, 0.05) is 56.9 Å². The SMILES string of the molecule is CO[C@@H]1CN(C[C@@H]2Cn3c(=O)ccc4ncc(F)c2c43)CC[C@@H]1NCc1cc2c(cn1)OCCC2. The van der Waals surface area contributed by atoms with Gasteiger partial charge in [0.25, 0.3) is 5.56 Å². The van der Waals surface area contributed by atoms with Crippen LogP contribution in [-0.2, 0) is 24.2 Å². The van der Waals surface area contributed by atoms with E-state index in [1.807, 2.05) is 6.20 Å². The molecular formula is C26H30FN5O3. The van der Waals surface area contributed by atoms with Gasteiger partial charge in [-0.1, -0.05) is 0 Å². The topological polar surface area (TPSA) is 81.5 Å². The predicted molar refractivity (Wildman–Crippen MR) is 129 cm³/mol. The normalized spacial score (nSPS) is 23.9. The molecule has 1 saturated heterocycles. The van der Waals surface area contributed by atoms with Crippen molar-refractivity contribution in [3.63, 3.8) is 0 Å². The second kappa shape index (κ2) is 9.29. The number of rotatable bonds is 6. The van der Waals surface area contributed by atoms with Crippen LogP contribution in [0.2, 0.25) is 0 Å². The Hall–Kier alpha value is -2.88. The van der Waals surface area contributed by atoms with Crippen LogP contribution in [0, 0.1) is 5.82 Å². The van der Waals surface area contributed by atoms with Gasteiger partial charge in [0.15, 0.2) is 0 Å². The molecule has 0 radical (unpaired) electrons. The Morgan fingerprint density at radius 3 is 3.06 bits per heavy atom. The number of fused-ring (bicyclic) bond motifs is 1. The van der Waals surface area contributed by atoms with Crippen LogP contribution < -0.4 is 15.6 Å². The highest BCUT2D eigenvalue weighted by Gasteiger charge is 2.34. The van der Waals surface area contributed by atoms with Gasteiger partial charge in [0.1, 0.15) is 11.6 Å². The van der Waals surface area contributed by atoms with Crippen LogP contribution in [0.3, 0.4) is 0 Å². The molecule has 0 unspecified atom stereocenters. The average molecular weight is 480 g/mol. The number of piperidine rings is 1. The van der Waals surface area contributed by atoms with Crippen molar-refractivity contribution in [2.75, 3.05) is 33.4 Å². The molecule has 6 heterocycles. The van der Waals surface area contributed by atoms with Gasteiger partial charge in [-0.15, -0.1) is 0 Å². The van der Waals surface area contributed by atoms with E-state index in [0.29, 0.717) is 36.2 Å². The fraction of sp³-hybridized carbons (Fsp3) is 0.500. The van der Waals surface area contributed by atoms with Gasteiger partial charge in [-0.2, -0.15) is 0 Å². The van der Waals surface area contributed by atoms with Crippen molar-refractivity contribution in [2.24, 2.45) is 0 Å². The third-order valence-corrected chi connectivity index (χ3v) is 7.63. The first-order valence-corrected chi connectivity index (χ1v) is 12.4. The number of ether oxygens (including phenoxy) is 2. The zero-order valence-electron chi connectivity index (χ0n) is 19.9. The van der Waals surface area contributed by atoms with Gasteiger partial charge in [0.05, 0.1) is 41.8 Å². The molecule has 3 aromatic rings. The van der Waals surface area contributed by atoms with E-state index in [0.717, 1.165) is 50.4 Å². The number of nitrogens with zero attached hydrogens (tertiary/aromatic N) is 4. The molecule has 3 atom stereocenters. The van der Waals surface area contributed by atoms with E-state index in [9.17, 15) is 9.18 Å². The number of likely N-dealkylation sites (tertiary alicyclic amines) is 1. The largest absolute Gasteiger partial charge is 0.492 e. The van der Waals surface area contributed by atoms with Crippen molar-refractivity contribution in [1.82, 2.24) is 24.8 Å². The maximum absolute atomic E-state index is 14.8. The molecule has 0 aliphatic carbocycles. The summed E-state index contributed by atoms with van der Waals surface area (Å²) in [5.41, 5.74) is 4.07. The zero-order chi connectivity index (χ0) is 23.9. The number of aryl methyl sites for hydroxylation is 1. The third-order valence-electron chi connectivity index (χ3n) is 7.63. The van der Waals surface area contributed by atoms with E-state index in [1.165, 1.54) is 17.8 Å². The lowest BCUT2D eigenvalue weighted by molar-refractivity contribution is 0.00324. The fourth-order valence-electron chi connectivity index (χ4n) is 5.86. The number of halogens is 1. The van der Waals surface area contributed by atoms with Crippen LogP contribution in [0.15, 0.2) is 35.4 Å². The Morgan fingerprint density at radius 2 is 2.17 bits per heavy atom. The van der Waals surface area contributed by atoms with Crippen LogP contribution in [-0.4, -0.2) is 64.9 Å². The maximum Gasteiger partial charge on any atom is 0.251 e. The molecular weight excluding hydrogens is 449 g/mol. The average Bonchev–Trinajstić information content (AvgIpc) is 3.27. The highest BCUT2D eigenvalue weighted by Crippen LogP contribution is 2.34. The minimum Gasteiger partial charge on any atom is -0.492 e. The Balaban J connectivity index is 1.11. The minimum absolute atomic E-state index is 0.0125. The minimum atomic E-state index is -0.331. The molecule has 0 bridgehead atoms. The van der Waals surface area contributed by atoms with E-state index < -0.39 is 0 Å². The molecule has 6 rings (SSSR count). The lowest BCUT2D eigenvalue weighted by Gasteiger charge is -2.39. The summed E-state index contributed by atoms with van der Waals surface area (Å²) in [4.78, 5) is 23.5. The summed E-state index contributed by atoms with van der Waals surface area (Å²) in [5.74, 6) is 0.490. The second-order valence-electron chi connectivity index (χ2n) is 9.78. The van der Waals surface area contributed by atoms with Crippen LogP contribution >= 0.6 is 0 Å². The van der Waals surface area contributed by atoms with E-state index in [2.05, 4.69) is 26.3 Å². The molecule has 0 amide bonds. The summed E-state index contributed by atoms with van der Waals surface area (Å²) in [6.45, 7) is 4.23. The molecule has 0 aromatic carbocycles. The number of nitrogens with one attached hydrogen (secondary N) is 1. The van der Waals surface area contributed by atoms with Gasteiger partial charge < -0.3 is 19.4 Å². The molecule has 1 N–H and O–H groups in total. The lowest BCUT2D eigenvalue weighted by Crippen LogP contribution is -2.54. The number of methoxy groups -OCH3 is 1. The van der Waals surface area contributed by atoms with Gasteiger partial charge in [0.2, 0.25) is 0 Å².